The van der Waals surface area contributed by atoms with Gasteiger partial charge >= 0.3 is 0 Å². The van der Waals surface area contributed by atoms with E-state index < -0.39 is 0 Å². The molecule has 1 amide bonds. The molecule has 1 aliphatic heterocycles. The summed E-state index contributed by atoms with van der Waals surface area (Å²) in [6, 6.07) is 11.0. The number of amides is 1. The highest BCUT2D eigenvalue weighted by atomic mass is 16.5. The number of aromatic nitrogens is 5. The number of benzene rings is 1. The number of pyridine rings is 1. The van der Waals surface area contributed by atoms with E-state index in [1.165, 1.54) is 11.0 Å². The van der Waals surface area contributed by atoms with E-state index in [1.807, 2.05) is 35.2 Å². The van der Waals surface area contributed by atoms with E-state index in [4.69, 9.17) is 4.74 Å². The van der Waals surface area contributed by atoms with Crippen LogP contribution in [0.3, 0.4) is 0 Å². The third-order valence-corrected chi connectivity index (χ3v) is 4.32. The second kappa shape index (κ2) is 7.30. The zero-order valence-electron chi connectivity index (χ0n) is 14.1. The Balaban J connectivity index is 1.47. The topological polar surface area (TPSA) is 86.0 Å². The van der Waals surface area contributed by atoms with Crippen LogP contribution in [0.1, 0.15) is 23.2 Å². The van der Waals surface area contributed by atoms with Crippen molar-refractivity contribution in [3.63, 3.8) is 0 Å². The Bertz CT molecular complexity index is 868. The Labute approximate surface area is 150 Å². The molecular formula is C18H18N6O2. The van der Waals surface area contributed by atoms with Gasteiger partial charge in [0.2, 0.25) is 0 Å². The van der Waals surface area contributed by atoms with Gasteiger partial charge < -0.3 is 9.64 Å². The molecule has 1 aliphatic rings. The van der Waals surface area contributed by atoms with Crippen molar-refractivity contribution in [1.82, 2.24) is 30.1 Å². The van der Waals surface area contributed by atoms with Crippen molar-refractivity contribution >= 4 is 5.91 Å². The minimum atomic E-state index is -0.0159. The summed E-state index contributed by atoms with van der Waals surface area (Å²) in [5.41, 5.74) is 1.37. The first-order valence-electron chi connectivity index (χ1n) is 8.49. The monoisotopic (exact) mass is 350 g/mol. The summed E-state index contributed by atoms with van der Waals surface area (Å²) in [5.74, 6) is 0.767. The lowest BCUT2D eigenvalue weighted by molar-refractivity contribution is 0.0537. The number of hydrogen-bond acceptors (Lipinski definition) is 6. The van der Waals surface area contributed by atoms with Crippen LogP contribution < -0.4 is 4.74 Å². The molecule has 0 spiro atoms. The molecule has 4 rings (SSSR count). The van der Waals surface area contributed by atoms with Gasteiger partial charge in [-0.15, -0.1) is 5.10 Å². The van der Waals surface area contributed by atoms with Crippen LogP contribution in [0.4, 0.5) is 0 Å². The molecule has 2 aromatic heterocycles. The number of piperidine rings is 1. The van der Waals surface area contributed by atoms with Crippen molar-refractivity contribution in [2.75, 3.05) is 13.1 Å². The molecule has 1 fully saturated rings. The van der Waals surface area contributed by atoms with Crippen LogP contribution in [0.25, 0.3) is 5.69 Å². The highest BCUT2D eigenvalue weighted by Gasteiger charge is 2.26. The van der Waals surface area contributed by atoms with Crippen LogP contribution in [0.5, 0.6) is 5.75 Å². The van der Waals surface area contributed by atoms with Gasteiger partial charge in [0.15, 0.2) is 0 Å². The number of hydrogen-bond donors (Lipinski definition) is 0. The molecular weight excluding hydrogens is 332 g/mol. The lowest BCUT2D eigenvalue weighted by Crippen LogP contribution is -2.44. The van der Waals surface area contributed by atoms with Crippen molar-refractivity contribution in [2.45, 2.75) is 18.9 Å². The lowest BCUT2D eigenvalue weighted by atomic mass is 10.1. The molecule has 132 valence electrons. The molecule has 3 heterocycles. The molecule has 1 atom stereocenters. The Hall–Kier alpha value is -3.29. The molecule has 8 heteroatoms. The molecule has 3 aromatic rings. The standard InChI is InChI=1S/C18H18N6O2/c25-18(14-3-1-4-15(11-14)24-13-20-21-22-24)23-10-2-5-17(12-23)26-16-6-8-19-9-7-16/h1,3-4,6-9,11,13,17H,2,5,10,12H2. The highest BCUT2D eigenvalue weighted by Crippen LogP contribution is 2.20. The maximum atomic E-state index is 12.9. The third-order valence-electron chi connectivity index (χ3n) is 4.32. The van der Waals surface area contributed by atoms with Gasteiger partial charge in [0.1, 0.15) is 18.2 Å². The molecule has 0 bridgehead atoms. The van der Waals surface area contributed by atoms with Crippen molar-refractivity contribution in [3.8, 4) is 11.4 Å². The number of carbonyl (C=O) groups excluding carboxylic acids is 1. The minimum absolute atomic E-state index is 0.0112. The fourth-order valence-corrected chi connectivity index (χ4v) is 3.07. The fourth-order valence-electron chi connectivity index (χ4n) is 3.07. The van der Waals surface area contributed by atoms with Gasteiger partial charge in [-0.3, -0.25) is 9.78 Å². The summed E-state index contributed by atoms with van der Waals surface area (Å²) in [5, 5.41) is 11.1. The quantitative estimate of drug-likeness (QED) is 0.712. The number of likely N-dealkylation sites (tertiary alicyclic amines) is 1. The smallest absolute Gasteiger partial charge is 0.254 e. The number of rotatable bonds is 4. The van der Waals surface area contributed by atoms with Gasteiger partial charge in [-0.25, -0.2) is 4.68 Å². The molecule has 26 heavy (non-hydrogen) atoms. The molecule has 8 nitrogen and oxygen atoms in total. The summed E-state index contributed by atoms with van der Waals surface area (Å²) < 4.78 is 7.52. The van der Waals surface area contributed by atoms with Crippen LogP contribution in [-0.2, 0) is 0 Å². The molecule has 1 aromatic carbocycles. The maximum absolute atomic E-state index is 12.9. The summed E-state index contributed by atoms with van der Waals surface area (Å²) in [7, 11) is 0. The molecule has 0 saturated carbocycles. The zero-order valence-corrected chi connectivity index (χ0v) is 14.1. The van der Waals surface area contributed by atoms with Crippen LogP contribution in [0, 0.1) is 0 Å². The SMILES string of the molecule is O=C(c1cccc(-n2cnnn2)c1)N1CCCC(Oc2ccncc2)C1. The zero-order chi connectivity index (χ0) is 17.8. The second-order valence-corrected chi connectivity index (χ2v) is 6.12. The minimum Gasteiger partial charge on any atom is -0.488 e. The molecule has 1 saturated heterocycles. The highest BCUT2D eigenvalue weighted by molar-refractivity contribution is 5.94. The number of carbonyl (C=O) groups is 1. The number of tetrazole rings is 1. The van der Waals surface area contributed by atoms with Gasteiger partial charge in [0.05, 0.1) is 12.2 Å². The van der Waals surface area contributed by atoms with Gasteiger partial charge in [-0.1, -0.05) is 6.07 Å². The predicted molar refractivity (Wildman–Crippen MR) is 92.9 cm³/mol. The van der Waals surface area contributed by atoms with E-state index >= 15 is 0 Å². The first-order valence-corrected chi connectivity index (χ1v) is 8.49. The van der Waals surface area contributed by atoms with Crippen molar-refractivity contribution in [1.29, 1.82) is 0 Å². The van der Waals surface area contributed by atoms with E-state index in [9.17, 15) is 4.79 Å². The molecule has 0 N–H and O–H groups in total. The first-order chi connectivity index (χ1) is 12.8. The van der Waals surface area contributed by atoms with E-state index in [0.717, 1.165) is 30.8 Å². The van der Waals surface area contributed by atoms with E-state index in [0.29, 0.717) is 12.1 Å². The Morgan fingerprint density at radius 1 is 1.19 bits per heavy atom. The summed E-state index contributed by atoms with van der Waals surface area (Å²) >= 11 is 0. The van der Waals surface area contributed by atoms with Crippen LogP contribution in [-0.4, -0.2) is 55.2 Å². The Morgan fingerprint density at radius 2 is 2.08 bits per heavy atom. The van der Waals surface area contributed by atoms with Gasteiger partial charge in [-0.05, 0) is 53.6 Å². The lowest BCUT2D eigenvalue weighted by Gasteiger charge is -2.33. The van der Waals surface area contributed by atoms with E-state index in [-0.39, 0.29) is 12.0 Å². The van der Waals surface area contributed by atoms with E-state index in [1.54, 1.807) is 18.5 Å². The average molecular weight is 350 g/mol. The largest absolute Gasteiger partial charge is 0.488 e. The first kappa shape index (κ1) is 16.2. The predicted octanol–water partition coefficient (Wildman–Crippen LogP) is 1.74. The van der Waals surface area contributed by atoms with E-state index in [2.05, 4.69) is 20.5 Å². The van der Waals surface area contributed by atoms with Crippen LogP contribution in [0.2, 0.25) is 0 Å². The Morgan fingerprint density at radius 3 is 2.88 bits per heavy atom. The summed E-state index contributed by atoms with van der Waals surface area (Å²) in [4.78, 5) is 18.8. The second-order valence-electron chi connectivity index (χ2n) is 6.12. The van der Waals surface area contributed by atoms with Gasteiger partial charge in [0.25, 0.3) is 5.91 Å². The van der Waals surface area contributed by atoms with Crippen LogP contribution >= 0.6 is 0 Å². The molecule has 0 radical (unpaired) electrons. The Kier molecular flexibility index (Phi) is 4.55. The maximum Gasteiger partial charge on any atom is 0.254 e. The number of nitrogens with zero attached hydrogens (tertiary/aromatic N) is 6. The average Bonchev–Trinajstić information content (AvgIpc) is 3.23. The fraction of sp³-hybridized carbons (Fsp3) is 0.278. The summed E-state index contributed by atoms with van der Waals surface area (Å²) in [6.45, 7) is 1.29. The van der Waals surface area contributed by atoms with Crippen molar-refractivity contribution in [3.05, 3.63) is 60.7 Å². The van der Waals surface area contributed by atoms with Gasteiger partial charge in [-0.2, -0.15) is 0 Å². The number of ether oxygens (including phenoxy) is 1. The summed E-state index contributed by atoms with van der Waals surface area (Å²) in [6.07, 6.45) is 6.73. The van der Waals surface area contributed by atoms with Crippen LogP contribution in [0.15, 0.2) is 55.1 Å². The van der Waals surface area contributed by atoms with Crippen molar-refractivity contribution in [2.24, 2.45) is 0 Å². The third kappa shape index (κ3) is 3.53. The molecule has 1 unspecified atom stereocenters. The van der Waals surface area contributed by atoms with Crippen molar-refractivity contribution < 1.29 is 9.53 Å². The normalized spacial score (nSPS) is 17.1. The van der Waals surface area contributed by atoms with Gasteiger partial charge in [0, 0.05) is 24.5 Å². The molecule has 0 aliphatic carbocycles.